The first-order chi connectivity index (χ1) is 7.61. The van der Waals surface area contributed by atoms with Gasteiger partial charge in [0.25, 0.3) is 0 Å². The molecule has 2 fully saturated rings. The van der Waals surface area contributed by atoms with E-state index in [1.54, 1.807) is 0 Å². The zero-order chi connectivity index (χ0) is 11.6. The van der Waals surface area contributed by atoms with Crippen molar-refractivity contribution in [2.45, 2.75) is 64.5 Å². The van der Waals surface area contributed by atoms with Crippen molar-refractivity contribution in [3.8, 4) is 0 Å². The van der Waals surface area contributed by atoms with Gasteiger partial charge in [0.15, 0.2) is 0 Å². The molecule has 16 heavy (non-hydrogen) atoms. The van der Waals surface area contributed by atoms with Crippen LogP contribution in [0.5, 0.6) is 0 Å². The smallest absolute Gasteiger partial charge is 0.0252 e. The van der Waals surface area contributed by atoms with Crippen molar-refractivity contribution in [2.75, 3.05) is 19.6 Å². The quantitative estimate of drug-likeness (QED) is 0.772. The summed E-state index contributed by atoms with van der Waals surface area (Å²) in [7, 11) is 0. The molecule has 1 aliphatic carbocycles. The Kier molecular flexibility index (Phi) is 3.91. The van der Waals surface area contributed by atoms with Gasteiger partial charge >= 0.3 is 0 Å². The normalized spacial score (nSPS) is 30.6. The second-order valence-corrected chi connectivity index (χ2v) is 6.41. The Balaban J connectivity index is 1.85. The van der Waals surface area contributed by atoms with E-state index in [1.165, 1.54) is 51.7 Å². The summed E-state index contributed by atoms with van der Waals surface area (Å²) in [6, 6.07) is 0.789. The van der Waals surface area contributed by atoms with E-state index >= 15 is 0 Å². The summed E-state index contributed by atoms with van der Waals surface area (Å²) in [5.41, 5.74) is 0.313. The molecule has 2 nitrogen and oxygen atoms in total. The van der Waals surface area contributed by atoms with E-state index in [9.17, 15) is 0 Å². The maximum Gasteiger partial charge on any atom is 0.0252 e. The van der Waals surface area contributed by atoms with Gasteiger partial charge in [0.1, 0.15) is 0 Å². The van der Waals surface area contributed by atoms with Crippen LogP contribution in [0, 0.1) is 5.92 Å². The van der Waals surface area contributed by atoms with Crippen LogP contribution in [0.2, 0.25) is 0 Å². The van der Waals surface area contributed by atoms with E-state index < -0.39 is 0 Å². The summed E-state index contributed by atoms with van der Waals surface area (Å²) in [5.74, 6) is 1.07. The molecule has 2 aliphatic rings. The van der Waals surface area contributed by atoms with E-state index in [0.29, 0.717) is 5.54 Å². The van der Waals surface area contributed by atoms with Crippen LogP contribution in [-0.4, -0.2) is 36.1 Å². The Hall–Kier alpha value is -0.0800. The number of piperazine rings is 1. The number of nitrogens with one attached hydrogen (secondary N) is 1. The van der Waals surface area contributed by atoms with Crippen LogP contribution in [0.3, 0.4) is 0 Å². The zero-order valence-corrected chi connectivity index (χ0v) is 11.3. The Morgan fingerprint density at radius 2 is 2.00 bits per heavy atom. The molecule has 1 unspecified atom stereocenters. The van der Waals surface area contributed by atoms with Crippen LogP contribution in [0.15, 0.2) is 0 Å². The predicted molar refractivity (Wildman–Crippen MR) is 69.7 cm³/mol. The van der Waals surface area contributed by atoms with E-state index in [-0.39, 0.29) is 0 Å². The first kappa shape index (κ1) is 12.4. The lowest BCUT2D eigenvalue weighted by molar-refractivity contribution is 0.0869. The molecule has 94 valence electrons. The SMILES string of the molecule is CCCC1CNC(C)(C)CN1CCC1CC1. The minimum absolute atomic E-state index is 0.313. The second-order valence-electron chi connectivity index (χ2n) is 6.41. The lowest BCUT2D eigenvalue weighted by Crippen LogP contribution is -2.61. The Bertz CT molecular complexity index is 221. The zero-order valence-electron chi connectivity index (χ0n) is 11.3. The average molecular weight is 224 g/mol. The number of hydrogen-bond acceptors (Lipinski definition) is 2. The first-order valence-electron chi connectivity index (χ1n) is 7.10. The van der Waals surface area contributed by atoms with E-state index in [1.807, 2.05) is 0 Å². The van der Waals surface area contributed by atoms with Crippen molar-refractivity contribution >= 4 is 0 Å². The average Bonchev–Trinajstić information content (AvgIpc) is 3.02. The maximum atomic E-state index is 3.68. The molecule has 2 rings (SSSR count). The molecule has 0 bridgehead atoms. The van der Waals surface area contributed by atoms with E-state index in [4.69, 9.17) is 0 Å². The molecule has 0 aromatic heterocycles. The van der Waals surface area contributed by atoms with Crippen LogP contribution in [0.4, 0.5) is 0 Å². The van der Waals surface area contributed by atoms with Crippen molar-refractivity contribution in [2.24, 2.45) is 5.92 Å². The number of hydrogen-bond donors (Lipinski definition) is 1. The highest BCUT2D eigenvalue weighted by molar-refractivity contribution is 4.92. The highest BCUT2D eigenvalue weighted by Gasteiger charge is 2.32. The fourth-order valence-electron chi connectivity index (χ4n) is 2.85. The van der Waals surface area contributed by atoms with Gasteiger partial charge < -0.3 is 5.32 Å². The van der Waals surface area contributed by atoms with Crippen molar-refractivity contribution in [3.63, 3.8) is 0 Å². The third kappa shape index (κ3) is 3.46. The summed E-state index contributed by atoms with van der Waals surface area (Å²) in [5, 5.41) is 3.68. The van der Waals surface area contributed by atoms with Gasteiger partial charge in [0.05, 0.1) is 0 Å². The highest BCUT2D eigenvalue weighted by atomic mass is 15.2. The largest absolute Gasteiger partial charge is 0.309 e. The van der Waals surface area contributed by atoms with Crippen molar-refractivity contribution < 1.29 is 0 Å². The van der Waals surface area contributed by atoms with Crippen LogP contribution in [0.25, 0.3) is 0 Å². The van der Waals surface area contributed by atoms with Crippen molar-refractivity contribution in [3.05, 3.63) is 0 Å². The van der Waals surface area contributed by atoms with Gasteiger partial charge in [-0.3, -0.25) is 4.90 Å². The number of nitrogens with zero attached hydrogens (tertiary/aromatic N) is 1. The third-order valence-corrected chi connectivity index (χ3v) is 4.07. The molecule has 0 radical (unpaired) electrons. The van der Waals surface area contributed by atoms with Crippen LogP contribution < -0.4 is 5.32 Å². The minimum atomic E-state index is 0.313. The van der Waals surface area contributed by atoms with Gasteiger partial charge in [0.2, 0.25) is 0 Å². The molecule has 2 heteroatoms. The molecule has 1 heterocycles. The Morgan fingerprint density at radius 1 is 1.25 bits per heavy atom. The maximum absolute atomic E-state index is 3.68. The highest BCUT2D eigenvalue weighted by Crippen LogP contribution is 2.33. The summed E-state index contributed by atoms with van der Waals surface area (Å²) >= 11 is 0. The van der Waals surface area contributed by atoms with Gasteiger partial charge in [-0.05, 0) is 39.2 Å². The first-order valence-corrected chi connectivity index (χ1v) is 7.10. The van der Waals surface area contributed by atoms with Crippen LogP contribution in [-0.2, 0) is 0 Å². The molecule has 1 saturated carbocycles. The number of rotatable bonds is 5. The lowest BCUT2D eigenvalue weighted by atomic mass is 9.96. The summed E-state index contributed by atoms with van der Waals surface area (Å²) < 4.78 is 0. The molecule has 1 atom stereocenters. The van der Waals surface area contributed by atoms with Gasteiger partial charge in [-0.1, -0.05) is 26.2 Å². The van der Waals surface area contributed by atoms with Gasteiger partial charge in [0, 0.05) is 24.7 Å². The fourth-order valence-corrected chi connectivity index (χ4v) is 2.85. The van der Waals surface area contributed by atoms with Gasteiger partial charge in [-0.2, -0.15) is 0 Å². The summed E-state index contributed by atoms with van der Waals surface area (Å²) in [4.78, 5) is 2.75. The topological polar surface area (TPSA) is 15.3 Å². The predicted octanol–water partition coefficient (Wildman–Crippen LogP) is 2.64. The Labute approximate surface area is 101 Å². The summed E-state index contributed by atoms with van der Waals surface area (Å²) in [6.45, 7) is 10.7. The molecule has 0 amide bonds. The molecular formula is C14H28N2. The van der Waals surface area contributed by atoms with Gasteiger partial charge in [-0.15, -0.1) is 0 Å². The third-order valence-electron chi connectivity index (χ3n) is 4.07. The molecule has 1 aliphatic heterocycles. The standard InChI is InChI=1S/C14H28N2/c1-4-5-13-10-15-14(2,3)11-16(13)9-8-12-6-7-12/h12-13,15H,4-11H2,1-3H3. The Morgan fingerprint density at radius 3 is 2.62 bits per heavy atom. The van der Waals surface area contributed by atoms with Crippen LogP contribution >= 0.6 is 0 Å². The van der Waals surface area contributed by atoms with E-state index in [2.05, 4.69) is 31.0 Å². The molecule has 0 spiro atoms. The second kappa shape index (κ2) is 5.05. The van der Waals surface area contributed by atoms with Crippen LogP contribution in [0.1, 0.15) is 52.9 Å². The minimum Gasteiger partial charge on any atom is -0.309 e. The molecule has 1 saturated heterocycles. The monoisotopic (exact) mass is 224 g/mol. The molecular weight excluding hydrogens is 196 g/mol. The van der Waals surface area contributed by atoms with E-state index in [0.717, 1.165) is 12.0 Å². The van der Waals surface area contributed by atoms with Crippen molar-refractivity contribution in [1.29, 1.82) is 0 Å². The molecule has 0 aromatic carbocycles. The summed E-state index contributed by atoms with van der Waals surface area (Å²) in [6.07, 6.45) is 7.10. The molecule has 1 N–H and O–H groups in total. The molecule has 0 aromatic rings. The van der Waals surface area contributed by atoms with Crippen molar-refractivity contribution in [1.82, 2.24) is 10.2 Å². The fraction of sp³-hybridized carbons (Fsp3) is 1.00. The lowest BCUT2D eigenvalue weighted by Gasteiger charge is -2.45. The van der Waals surface area contributed by atoms with Gasteiger partial charge in [-0.25, -0.2) is 0 Å².